The van der Waals surface area contributed by atoms with E-state index in [1.807, 2.05) is 18.2 Å². The van der Waals surface area contributed by atoms with Gasteiger partial charge in [0.25, 0.3) is 0 Å². The van der Waals surface area contributed by atoms with E-state index in [4.69, 9.17) is 15.2 Å². The first-order valence-corrected chi connectivity index (χ1v) is 6.74. The number of rotatable bonds is 7. The molecule has 6 heteroatoms. The molecule has 0 spiro atoms. The summed E-state index contributed by atoms with van der Waals surface area (Å²) in [5, 5.41) is 7.37. The Labute approximate surface area is 117 Å². The molecule has 108 valence electrons. The molecule has 6 nitrogen and oxygen atoms in total. The first-order valence-electron chi connectivity index (χ1n) is 6.74. The van der Waals surface area contributed by atoms with Gasteiger partial charge in [-0.05, 0) is 41.4 Å². The minimum absolute atomic E-state index is 0.258. The monoisotopic (exact) mass is 277 g/mol. The minimum atomic E-state index is 0.258. The highest BCUT2D eigenvalue weighted by molar-refractivity contribution is 5.71. The van der Waals surface area contributed by atoms with Crippen LogP contribution in [0.15, 0.2) is 22.8 Å². The van der Waals surface area contributed by atoms with Gasteiger partial charge in [-0.15, -0.1) is 0 Å². The Hall–Kier alpha value is -2.24. The summed E-state index contributed by atoms with van der Waals surface area (Å²) in [5.41, 5.74) is 7.00. The lowest BCUT2D eigenvalue weighted by Gasteiger charge is -2.13. The second-order valence-electron chi connectivity index (χ2n) is 4.36. The molecule has 0 saturated carbocycles. The van der Waals surface area contributed by atoms with Crippen molar-refractivity contribution in [3.63, 3.8) is 0 Å². The van der Waals surface area contributed by atoms with Crippen LogP contribution in [-0.2, 0) is 0 Å². The summed E-state index contributed by atoms with van der Waals surface area (Å²) < 4.78 is 16.0. The van der Waals surface area contributed by atoms with Gasteiger partial charge in [-0.3, -0.25) is 0 Å². The zero-order chi connectivity index (χ0) is 14.4. The van der Waals surface area contributed by atoms with Gasteiger partial charge in [0.1, 0.15) is 0 Å². The summed E-state index contributed by atoms with van der Waals surface area (Å²) in [4.78, 5) is 0. The van der Waals surface area contributed by atoms with E-state index in [1.165, 1.54) is 0 Å². The van der Waals surface area contributed by atoms with Crippen LogP contribution in [0.25, 0.3) is 11.3 Å². The number of nitrogens with zero attached hydrogens (tertiary/aromatic N) is 2. The van der Waals surface area contributed by atoms with Crippen molar-refractivity contribution < 1.29 is 14.1 Å². The molecule has 2 rings (SSSR count). The molecule has 0 saturated heterocycles. The molecule has 2 aromatic rings. The van der Waals surface area contributed by atoms with Gasteiger partial charge in [0.05, 0.1) is 13.2 Å². The normalized spacial score (nSPS) is 10.5. The van der Waals surface area contributed by atoms with Crippen molar-refractivity contribution in [2.45, 2.75) is 26.7 Å². The number of anilines is 1. The molecular formula is C14H19N3O3. The highest BCUT2D eigenvalue weighted by atomic mass is 16.6. The van der Waals surface area contributed by atoms with Gasteiger partial charge in [-0.2, -0.15) is 0 Å². The average molecular weight is 277 g/mol. The summed E-state index contributed by atoms with van der Waals surface area (Å²) >= 11 is 0. The van der Waals surface area contributed by atoms with Crippen LogP contribution >= 0.6 is 0 Å². The quantitative estimate of drug-likeness (QED) is 0.837. The van der Waals surface area contributed by atoms with E-state index in [9.17, 15) is 0 Å². The van der Waals surface area contributed by atoms with Crippen LogP contribution in [0.4, 0.5) is 5.82 Å². The molecule has 0 aliphatic rings. The number of hydrogen-bond donors (Lipinski definition) is 1. The van der Waals surface area contributed by atoms with E-state index in [1.54, 1.807) is 0 Å². The van der Waals surface area contributed by atoms with E-state index in [-0.39, 0.29) is 5.82 Å². The van der Waals surface area contributed by atoms with Gasteiger partial charge >= 0.3 is 0 Å². The lowest BCUT2D eigenvalue weighted by atomic mass is 10.1. The molecule has 1 aromatic heterocycles. The van der Waals surface area contributed by atoms with E-state index in [0.717, 1.165) is 24.2 Å². The van der Waals surface area contributed by atoms with Gasteiger partial charge in [0, 0.05) is 5.56 Å². The van der Waals surface area contributed by atoms with E-state index in [2.05, 4.69) is 28.8 Å². The first-order chi connectivity index (χ1) is 9.76. The van der Waals surface area contributed by atoms with Crippen molar-refractivity contribution in [3.05, 3.63) is 18.2 Å². The van der Waals surface area contributed by atoms with Crippen molar-refractivity contribution in [3.8, 4) is 22.8 Å². The number of hydrogen-bond acceptors (Lipinski definition) is 6. The second kappa shape index (κ2) is 6.79. The van der Waals surface area contributed by atoms with Crippen LogP contribution in [0.3, 0.4) is 0 Å². The van der Waals surface area contributed by atoms with Crippen molar-refractivity contribution in [2.75, 3.05) is 18.9 Å². The summed E-state index contributed by atoms with van der Waals surface area (Å²) in [5.74, 6) is 1.66. The molecule has 0 radical (unpaired) electrons. The molecule has 0 amide bonds. The fourth-order valence-electron chi connectivity index (χ4n) is 1.71. The summed E-state index contributed by atoms with van der Waals surface area (Å²) in [6.45, 7) is 5.38. The fraction of sp³-hybridized carbons (Fsp3) is 0.429. The van der Waals surface area contributed by atoms with Crippen LogP contribution in [0.2, 0.25) is 0 Å². The molecule has 0 bridgehead atoms. The van der Waals surface area contributed by atoms with Gasteiger partial charge in [-0.25, -0.2) is 4.63 Å². The second-order valence-corrected chi connectivity index (χ2v) is 4.36. The van der Waals surface area contributed by atoms with E-state index < -0.39 is 0 Å². The zero-order valence-corrected chi connectivity index (χ0v) is 11.8. The van der Waals surface area contributed by atoms with Crippen molar-refractivity contribution in [1.29, 1.82) is 0 Å². The molecule has 2 N–H and O–H groups in total. The Morgan fingerprint density at radius 1 is 1.05 bits per heavy atom. The Bertz CT molecular complexity index is 554. The Morgan fingerprint density at radius 2 is 1.75 bits per heavy atom. The van der Waals surface area contributed by atoms with Crippen molar-refractivity contribution in [2.24, 2.45) is 0 Å². The number of ether oxygens (including phenoxy) is 2. The van der Waals surface area contributed by atoms with Crippen LogP contribution in [-0.4, -0.2) is 23.5 Å². The maximum absolute atomic E-state index is 5.72. The standard InChI is InChI=1S/C14H19N3O3/c1-3-7-18-11-6-5-10(9-12(11)19-8-4-2)13-14(15)17-20-16-13/h5-6,9H,3-4,7-8H2,1-2H3,(H2,15,17). The average Bonchev–Trinajstić information content (AvgIpc) is 2.89. The maximum Gasteiger partial charge on any atom is 0.196 e. The first kappa shape index (κ1) is 14.2. The fourth-order valence-corrected chi connectivity index (χ4v) is 1.71. The smallest absolute Gasteiger partial charge is 0.196 e. The molecule has 0 unspecified atom stereocenters. The predicted molar refractivity (Wildman–Crippen MR) is 75.7 cm³/mol. The molecule has 0 aliphatic carbocycles. The summed E-state index contributed by atoms with van der Waals surface area (Å²) in [6.07, 6.45) is 1.86. The van der Waals surface area contributed by atoms with Gasteiger partial charge in [0.15, 0.2) is 23.0 Å². The minimum Gasteiger partial charge on any atom is -0.490 e. The third-order valence-electron chi connectivity index (χ3n) is 2.65. The van der Waals surface area contributed by atoms with Crippen LogP contribution in [0.5, 0.6) is 11.5 Å². The number of nitrogens with two attached hydrogens (primary N) is 1. The molecule has 0 fully saturated rings. The third kappa shape index (κ3) is 3.20. The number of nitrogen functional groups attached to an aromatic ring is 1. The summed E-state index contributed by atoms with van der Waals surface area (Å²) in [6, 6.07) is 5.56. The molecule has 0 aliphatic heterocycles. The van der Waals surface area contributed by atoms with Gasteiger partial charge in [-0.1, -0.05) is 13.8 Å². The zero-order valence-electron chi connectivity index (χ0n) is 11.8. The summed E-state index contributed by atoms with van der Waals surface area (Å²) in [7, 11) is 0. The number of benzene rings is 1. The Balaban J connectivity index is 2.29. The highest BCUT2D eigenvalue weighted by Gasteiger charge is 2.13. The molecular weight excluding hydrogens is 258 g/mol. The van der Waals surface area contributed by atoms with Gasteiger partial charge < -0.3 is 15.2 Å². The Kier molecular flexibility index (Phi) is 4.81. The molecule has 20 heavy (non-hydrogen) atoms. The highest BCUT2D eigenvalue weighted by Crippen LogP contribution is 2.33. The lowest BCUT2D eigenvalue weighted by molar-refractivity contribution is 0.268. The largest absolute Gasteiger partial charge is 0.490 e. The molecule has 0 atom stereocenters. The van der Waals surface area contributed by atoms with Crippen LogP contribution < -0.4 is 15.2 Å². The Morgan fingerprint density at radius 3 is 2.35 bits per heavy atom. The van der Waals surface area contributed by atoms with Crippen molar-refractivity contribution in [1.82, 2.24) is 10.3 Å². The third-order valence-corrected chi connectivity index (χ3v) is 2.65. The topological polar surface area (TPSA) is 83.4 Å². The van der Waals surface area contributed by atoms with Crippen LogP contribution in [0.1, 0.15) is 26.7 Å². The number of aromatic nitrogens is 2. The van der Waals surface area contributed by atoms with E-state index in [0.29, 0.717) is 24.7 Å². The lowest BCUT2D eigenvalue weighted by Crippen LogP contribution is -2.01. The predicted octanol–water partition coefficient (Wildman–Crippen LogP) is 2.90. The maximum atomic E-state index is 5.72. The van der Waals surface area contributed by atoms with Crippen molar-refractivity contribution >= 4 is 5.82 Å². The van der Waals surface area contributed by atoms with E-state index >= 15 is 0 Å². The molecule has 1 aromatic carbocycles. The van der Waals surface area contributed by atoms with Crippen LogP contribution in [0, 0.1) is 0 Å². The SMILES string of the molecule is CCCOc1ccc(-c2nonc2N)cc1OCCC. The molecule has 1 heterocycles. The van der Waals surface area contributed by atoms with Gasteiger partial charge in [0.2, 0.25) is 0 Å².